The van der Waals surface area contributed by atoms with Crippen molar-refractivity contribution in [3.05, 3.63) is 59.7 Å². The molecule has 0 fully saturated rings. The topological polar surface area (TPSA) is 196 Å². The summed E-state index contributed by atoms with van der Waals surface area (Å²) in [5.41, 5.74) is -0.259. The first-order chi connectivity index (χ1) is 14.8. The lowest BCUT2D eigenvalue weighted by Crippen LogP contribution is -2.41. The number of carboxylic acid groups (broad SMARTS) is 2. The van der Waals surface area contributed by atoms with Crippen LogP contribution in [0.25, 0.3) is 6.08 Å². The van der Waals surface area contributed by atoms with Crippen molar-refractivity contribution in [1.29, 1.82) is 0 Å². The van der Waals surface area contributed by atoms with Crippen molar-refractivity contribution >= 4 is 49.7 Å². The number of carbonyl (C=O) groups excluding carboxylic acids is 1. The molecule has 0 bridgehead atoms. The van der Waals surface area contributed by atoms with Crippen LogP contribution in [0.2, 0.25) is 0 Å². The fourth-order valence-corrected chi connectivity index (χ4v) is 4.45. The summed E-state index contributed by atoms with van der Waals surface area (Å²) < 4.78 is 49.6. The summed E-state index contributed by atoms with van der Waals surface area (Å²) >= 11 is 0. The molecule has 0 aliphatic carbocycles. The Bertz CT molecular complexity index is 1300. The minimum Gasteiger partial charge on any atom is -0.478 e. The van der Waals surface area contributed by atoms with Gasteiger partial charge in [0.05, 0.1) is 21.0 Å². The zero-order valence-corrected chi connectivity index (χ0v) is 17.9. The minimum absolute atomic E-state index is 0.137. The zero-order chi connectivity index (χ0) is 24.1. The highest BCUT2D eigenvalue weighted by molar-refractivity contribution is 7.92. The van der Waals surface area contributed by atoms with E-state index in [2.05, 4.69) is 5.32 Å². The molecule has 12 nitrogen and oxygen atoms in total. The first-order valence-corrected chi connectivity index (χ1v) is 11.5. The molecule has 2 aromatic carbocycles. The first-order valence-electron chi connectivity index (χ1n) is 8.51. The number of carbonyl (C=O) groups is 3. The van der Waals surface area contributed by atoms with E-state index < -0.39 is 48.4 Å². The number of nitrogens with one attached hydrogen (secondary N) is 3. The number of rotatable bonds is 9. The molecule has 14 heteroatoms. The van der Waals surface area contributed by atoms with E-state index >= 15 is 0 Å². The average molecular weight is 483 g/mol. The van der Waals surface area contributed by atoms with E-state index in [1.54, 1.807) is 9.66 Å². The molecule has 2 aromatic rings. The third-order valence-corrected chi connectivity index (χ3v) is 6.40. The van der Waals surface area contributed by atoms with E-state index in [0.717, 1.165) is 43.3 Å². The van der Waals surface area contributed by atoms with Crippen molar-refractivity contribution < 1.29 is 41.4 Å². The van der Waals surface area contributed by atoms with Gasteiger partial charge in [-0.2, -0.15) is 0 Å². The normalized spacial score (nSPS) is 11.9. The van der Waals surface area contributed by atoms with Crippen molar-refractivity contribution in [1.82, 2.24) is 9.66 Å². The lowest BCUT2D eigenvalue weighted by Gasteiger charge is -2.12. The second kappa shape index (κ2) is 9.69. The fraction of sp³-hybridized carbons (Fsp3) is 0.0556. The van der Waals surface area contributed by atoms with Crippen LogP contribution in [-0.2, 0) is 29.6 Å². The lowest BCUT2D eigenvalue weighted by molar-refractivity contribution is -0.131. The van der Waals surface area contributed by atoms with Crippen LogP contribution in [0.15, 0.2) is 58.3 Å². The van der Waals surface area contributed by atoms with Gasteiger partial charge in [-0.25, -0.2) is 26.4 Å². The van der Waals surface area contributed by atoms with Crippen LogP contribution >= 0.6 is 0 Å². The van der Waals surface area contributed by atoms with Crippen LogP contribution in [0, 0.1) is 0 Å². The maximum atomic E-state index is 12.4. The number of hydrogen-bond acceptors (Lipinski definition) is 7. The molecule has 2 rings (SSSR count). The minimum atomic E-state index is -4.52. The van der Waals surface area contributed by atoms with Crippen LogP contribution in [0.5, 0.6) is 0 Å². The van der Waals surface area contributed by atoms with Crippen molar-refractivity contribution in [2.75, 3.05) is 5.32 Å². The molecule has 0 heterocycles. The van der Waals surface area contributed by atoms with Crippen LogP contribution in [0.3, 0.4) is 0 Å². The molecule has 32 heavy (non-hydrogen) atoms. The van der Waals surface area contributed by atoms with E-state index in [0.29, 0.717) is 5.56 Å². The van der Waals surface area contributed by atoms with Crippen LogP contribution in [-0.4, -0.2) is 44.9 Å². The van der Waals surface area contributed by atoms with Crippen LogP contribution < -0.4 is 15.0 Å². The largest absolute Gasteiger partial charge is 0.478 e. The molecule has 0 saturated heterocycles. The zero-order valence-electron chi connectivity index (χ0n) is 16.3. The number of anilines is 1. The molecule has 0 aliphatic rings. The molecule has 0 radical (unpaired) electrons. The van der Waals surface area contributed by atoms with E-state index in [1.165, 1.54) is 18.2 Å². The SMILES string of the molecule is CC(=O)Nc1ccc(S(=O)(=O)NNS(=O)(=O)c2ccc(C=CC(=O)O)cc2)cc1C(=O)O. The van der Waals surface area contributed by atoms with Gasteiger partial charge in [-0.1, -0.05) is 12.1 Å². The molecule has 1 amide bonds. The van der Waals surface area contributed by atoms with Gasteiger partial charge in [-0.3, -0.25) is 4.79 Å². The Hall–Kier alpha value is -3.59. The Morgan fingerprint density at radius 2 is 1.38 bits per heavy atom. The van der Waals surface area contributed by atoms with E-state index in [4.69, 9.17) is 5.11 Å². The van der Waals surface area contributed by atoms with Gasteiger partial charge in [0.1, 0.15) is 0 Å². The van der Waals surface area contributed by atoms with Gasteiger partial charge in [-0.15, -0.1) is 9.66 Å². The molecule has 0 unspecified atom stereocenters. The highest BCUT2D eigenvalue weighted by atomic mass is 32.2. The maximum absolute atomic E-state index is 12.4. The van der Waals surface area contributed by atoms with Gasteiger partial charge in [-0.05, 0) is 42.0 Å². The number of amides is 1. The highest BCUT2D eigenvalue weighted by Crippen LogP contribution is 2.21. The third kappa shape index (κ3) is 6.45. The average Bonchev–Trinajstić information content (AvgIpc) is 2.71. The molecule has 170 valence electrons. The molecule has 0 aromatic heterocycles. The number of hydrazine groups is 1. The number of benzene rings is 2. The van der Waals surface area contributed by atoms with Crippen molar-refractivity contribution in [2.45, 2.75) is 16.7 Å². The molecule has 5 N–H and O–H groups in total. The van der Waals surface area contributed by atoms with Gasteiger partial charge in [0, 0.05) is 13.0 Å². The number of aromatic carboxylic acids is 1. The van der Waals surface area contributed by atoms with Crippen molar-refractivity contribution in [3.63, 3.8) is 0 Å². The van der Waals surface area contributed by atoms with Crippen LogP contribution in [0.1, 0.15) is 22.8 Å². The van der Waals surface area contributed by atoms with Crippen LogP contribution in [0.4, 0.5) is 5.69 Å². The highest BCUT2D eigenvalue weighted by Gasteiger charge is 2.22. The number of aliphatic carboxylic acids is 1. The van der Waals surface area contributed by atoms with E-state index in [1.807, 2.05) is 0 Å². The molecule has 0 saturated carbocycles. The van der Waals surface area contributed by atoms with Gasteiger partial charge in [0.25, 0.3) is 20.0 Å². The fourth-order valence-electron chi connectivity index (χ4n) is 2.32. The quantitative estimate of drug-likeness (QED) is 0.251. The summed E-state index contributed by atoms with van der Waals surface area (Å²) in [5, 5.41) is 20.1. The monoisotopic (exact) mass is 483 g/mol. The summed E-state index contributed by atoms with van der Waals surface area (Å²) in [6.07, 6.45) is 2.10. The molecular weight excluding hydrogens is 466 g/mol. The molecule has 0 aliphatic heterocycles. The predicted octanol–water partition coefficient (Wildman–Crippen LogP) is 0.613. The Kier molecular flexibility index (Phi) is 7.48. The Labute approximate surface area is 182 Å². The Morgan fingerprint density at radius 3 is 1.88 bits per heavy atom. The van der Waals surface area contributed by atoms with Crippen molar-refractivity contribution in [3.8, 4) is 0 Å². The first kappa shape index (κ1) is 24.7. The summed E-state index contributed by atoms with van der Waals surface area (Å²) in [7, 11) is -8.88. The number of sulfonamides is 2. The Balaban J connectivity index is 2.23. The third-order valence-electron chi connectivity index (χ3n) is 3.76. The van der Waals surface area contributed by atoms with Gasteiger partial charge in [0.2, 0.25) is 5.91 Å². The van der Waals surface area contributed by atoms with Crippen molar-refractivity contribution in [2.24, 2.45) is 0 Å². The molecule has 0 atom stereocenters. The lowest BCUT2D eigenvalue weighted by atomic mass is 10.2. The predicted molar refractivity (Wildman–Crippen MR) is 111 cm³/mol. The van der Waals surface area contributed by atoms with Gasteiger partial charge in [0.15, 0.2) is 0 Å². The summed E-state index contributed by atoms with van der Waals surface area (Å²) in [5.74, 6) is -3.27. The maximum Gasteiger partial charge on any atom is 0.337 e. The van der Waals surface area contributed by atoms with E-state index in [9.17, 15) is 36.3 Å². The summed E-state index contributed by atoms with van der Waals surface area (Å²) in [6.45, 7) is 1.14. The van der Waals surface area contributed by atoms with E-state index in [-0.39, 0.29) is 10.6 Å². The number of carboxylic acids is 2. The smallest absolute Gasteiger partial charge is 0.337 e. The molecular formula is C18H17N3O9S2. The number of hydrogen-bond donors (Lipinski definition) is 5. The second-order valence-electron chi connectivity index (χ2n) is 6.15. The van der Waals surface area contributed by atoms with Gasteiger partial charge >= 0.3 is 11.9 Å². The summed E-state index contributed by atoms with van der Waals surface area (Å²) in [4.78, 5) is 35.5. The summed E-state index contributed by atoms with van der Waals surface area (Å²) in [6, 6.07) is 7.67. The second-order valence-corrected chi connectivity index (χ2v) is 9.51. The standard InChI is InChI=1S/C18H17N3O9S2/c1-11(22)19-16-8-7-14(10-15(16)18(25)26)32(29,30)21-20-31(27,28)13-5-2-12(3-6-13)4-9-17(23)24/h2-10,20-21H,1H3,(H,19,22)(H,23,24)(H,25,26). The molecule has 0 spiro atoms. The Morgan fingerprint density at radius 1 is 0.844 bits per heavy atom. The van der Waals surface area contributed by atoms with Gasteiger partial charge < -0.3 is 15.5 Å².